The minimum absolute atomic E-state index is 0.0315. The number of hydrogen-bond donors (Lipinski definition) is 0. The van der Waals surface area contributed by atoms with Gasteiger partial charge >= 0.3 is 0 Å². The number of oxime groups is 1. The van der Waals surface area contributed by atoms with Crippen LogP contribution in [-0.2, 0) is 16.2 Å². The van der Waals surface area contributed by atoms with Gasteiger partial charge < -0.3 is 14.2 Å². The summed E-state index contributed by atoms with van der Waals surface area (Å²) in [6.07, 6.45) is 2.42. The molecular formula is C19H23N3O3. The van der Waals surface area contributed by atoms with Gasteiger partial charge in [-0.05, 0) is 24.6 Å². The second-order valence-electron chi connectivity index (χ2n) is 6.08. The summed E-state index contributed by atoms with van der Waals surface area (Å²) in [7, 11) is 0. The predicted octanol–water partition coefficient (Wildman–Crippen LogP) is 2.36. The smallest absolute Gasteiger partial charge is 0.266 e. The number of nitrogens with zero attached hydrogens (tertiary/aromatic N) is 3. The number of carbonyl (C=O) groups excluding carboxylic acids is 1. The molecule has 3 rings (SSSR count). The molecule has 6 heteroatoms. The van der Waals surface area contributed by atoms with Crippen LogP contribution in [0.3, 0.4) is 0 Å². The SMILES string of the molecule is CC(ON=Cc1ccco1)C(=O)N1CCN(Cc2ccccc2)CC1. The summed E-state index contributed by atoms with van der Waals surface area (Å²) in [6.45, 7) is 5.79. The van der Waals surface area contributed by atoms with E-state index in [2.05, 4.69) is 34.3 Å². The molecule has 1 unspecified atom stereocenters. The van der Waals surface area contributed by atoms with Gasteiger partial charge in [-0.1, -0.05) is 35.5 Å². The first-order valence-electron chi connectivity index (χ1n) is 8.50. The zero-order chi connectivity index (χ0) is 17.5. The van der Waals surface area contributed by atoms with Crippen LogP contribution in [0.15, 0.2) is 58.3 Å². The van der Waals surface area contributed by atoms with E-state index in [1.54, 1.807) is 25.3 Å². The molecule has 2 aromatic rings. The molecule has 1 aliphatic rings. The Hall–Kier alpha value is -2.60. The van der Waals surface area contributed by atoms with E-state index in [0.717, 1.165) is 19.6 Å². The number of furan rings is 1. The molecule has 1 fully saturated rings. The molecule has 0 bridgehead atoms. The van der Waals surface area contributed by atoms with Crippen molar-refractivity contribution >= 4 is 12.1 Å². The van der Waals surface area contributed by atoms with Gasteiger partial charge in [0.25, 0.3) is 5.91 Å². The van der Waals surface area contributed by atoms with Crippen LogP contribution in [0.2, 0.25) is 0 Å². The number of hydrogen-bond acceptors (Lipinski definition) is 5. The third-order valence-corrected chi connectivity index (χ3v) is 4.22. The first-order valence-corrected chi connectivity index (χ1v) is 8.50. The lowest BCUT2D eigenvalue weighted by molar-refractivity contribution is -0.144. The summed E-state index contributed by atoms with van der Waals surface area (Å²) >= 11 is 0. The van der Waals surface area contributed by atoms with Crippen molar-refractivity contribution < 1.29 is 14.0 Å². The first-order chi connectivity index (χ1) is 12.2. The fraction of sp³-hybridized carbons (Fsp3) is 0.368. The van der Waals surface area contributed by atoms with Crippen molar-refractivity contribution in [1.82, 2.24) is 9.80 Å². The fourth-order valence-corrected chi connectivity index (χ4v) is 2.81. The molecule has 1 aromatic carbocycles. The molecule has 1 atom stereocenters. The average molecular weight is 341 g/mol. The molecule has 6 nitrogen and oxygen atoms in total. The van der Waals surface area contributed by atoms with Gasteiger partial charge in [0.15, 0.2) is 0 Å². The number of piperazine rings is 1. The van der Waals surface area contributed by atoms with Crippen molar-refractivity contribution in [3.05, 3.63) is 60.1 Å². The summed E-state index contributed by atoms with van der Waals surface area (Å²) in [5, 5.41) is 3.82. The molecule has 2 heterocycles. The Labute approximate surface area is 147 Å². The highest BCUT2D eigenvalue weighted by Gasteiger charge is 2.26. The van der Waals surface area contributed by atoms with Crippen molar-refractivity contribution in [3.63, 3.8) is 0 Å². The topological polar surface area (TPSA) is 58.3 Å². The van der Waals surface area contributed by atoms with E-state index in [1.807, 2.05) is 11.0 Å². The highest BCUT2D eigenvalue weighted by atomic mass is 16.6. The minimum atomic E-state index is -0.605. The Morgan fingerprint density at radius 3 is 2.64 bits per heavy atom. The van der Waals surface area contributed by atoms with Gasteiger partial charge in [0, 0.05) is 32.7 Å². The standard InChI is InChI=1S/C19H23N3O3/c1-16(25-20-14-18-8-5-13-24-18)19(23)22-11-9-21(10-12-22)15-17-6-3-2-4-7-17/h2-8,13-14,16H,9-12,15H2,1H3. The van der Waals surface area contributed by atoms with E-state index in [0.29, 0.717) is 18.8 Å². The summed E-state index contributed by atoms with van der Waals surface area (Å²) < 4.78 is 5.12. The molecule has 0 N–H and O–H groups in total. The quantitative estimate of drug-likeness (QED) is 0.598. The van der Waals surface area contributed by atoms with Crippen LogP contribution in [0.4, 0.5) is 0 Å². The van der Waals surface area contributed by atoms with E-state index >= 15 is 0 Å². The average Bonchev–Trinajstić information content (AvgIpc) is 3.16. The molecular weight excluding hydrogens is 318 g/mol. The summed E-state index contributed by atoms with van der Waals surface area (Å²) in [4.78, 5) is 21.9. The Balaban J connectivity index is 1.43. The van der Waals surface area contributed by atoms with Crippen LogP contribution < -0.4 is 0 Å². The van der Waals surface area contributed by atoms with Gasteiger partial charge in [-0.15, -0.1) is 0 Å². The Kier molecular flexibility index (Phi) is 5.85. The molecule has 1 aliphatic heterocycles. The summed E-state index contributed by atoms with van der Waals surface area (Å²) in [5.74, 6) is 0.560. The van der Waals surface area contributed by atoms with Crippen LogP contribution in [-0.4, -0.2) is 54.2 Å². The third-order valence-electron chi connectivity index (χ3n) is 4.22. The van der Waals surface area contributed by atoms with Gasteiger partial charge in [0.05, 0.1) is 6.26 Å². The van der Waals surface area contributed by atoms with Crippen molar-refractivity contribution in [3.8, 4) is 0 Å². The number of rotatable bonds is 6. The molecule has 25 heavy (non-hydrogen) atoms. The molecule has 0 saturated carbocycles. The highest BCUT2D eigenvalue weighted by molar-refractivity contribution is 5.81. The van der Waals surface area contributed by atoms with Crippen LogP contribution in [0.25, 0.3) is 0 Å². The minimum Gasteiger partial charge on any atom is -0.463 e. The summed E-state index contributed by atoms with van der Waals surface area (Å²) in [6, 6.07) is 13.9. The number of carbonyl (C=O) groups is 1. The van der Waals surface area contributed by atoms with Crippen molar-refractivity contribution in [2.45, 2.75) is 19.6 Å². The van der Waals surface area contributed by atoms with E-state index in [9.17, 15) is 4.79 Å². The summed E-state index contributed by atoms with van der Waals surface area (Å²) in [5.41, 5.74) is 1.30. The molecule has 1 saturated heterocycles. The molecule has 0 spiro atoms. The van der Waals surface area contributed by atoms with Crippen LogP contribution in [0.5, 0.6) is 0 Å². The maximum absolute atomic E-state index is 12.4. The van der Waals surface area contributed by atoms with Gasteiger partial charge in [-0.2, -0.15) is 0 Å². The molecule has 1 amide bonds. The van der Waals surface area contributed by atoms with Crippen LogP contribution >= 0.6 is 0 Å². The molecule has 0 aliphatic carbocycles. The molecule has 1 aromatic heterocycles. The lowest BCUT2D eigenvalue weighted by Crippen LogP contribution is -2.50. The number of amides is 1. The third kappa shape index (κ3) is 4.93. The zero-order valence-electron chi connectivity index (χ0n) is 14.4. The predicted molar refractivity (Wildman–Crippen MR) is 95.1 cm³/mol. The fourth-order valence-electron chi connectivity index (χ4n) is 2.81. The van der Waals surface area contributed by atoms with E-state index in [1.165, 1.54) is 11.8 Å². The van der Waals surface area contributed by atoms with Crippen molar-refractivity contribution in [2.75, 3.05) is 26.2 Å². The lowest BCUT2D eigenvalue weighted by atomic mass is 10.2. The van der Waals surface area contributed by atoms with E-state index < -0.39 is 6.10 Å². The van der Waals surface area contributed by atoms with Gasteiger partial charge in [0.2, 0.25) is 6.10 Å². The highest BCUT2D eigenvalue weighted by Crippen LogP contribution is 2.10. The monoisotopic (exact) mass is 341 g/mol. The normalized spacial score (nSPS) is 16.9. The van der Waals surface area contributed by atoms with Gasteiger partial charge in [0.1, 0.15) is 12.0 Å². The Bertz CT molecular complexity index is 677. The largest absolute Gasteiger partial charge is 0.463 e. The first kappa shape index (κ1) is 17.2. The van der Waals surface area contributed by atoms with Gasteiger partial charge in [-0.25, -0.2) is 0 Å². The molecule has 0 radical (unpaired) electrons. The van der Waals surface area contributed by atoms with Crippen LogP contribution in [0.1, 0.15) is 18.2 Å². The molecule has 132 valence electrons. The Morgan fingerprint density at radius 2 is 1.96 bits per heavy atom. The maximum Gasteiger partial charge on any atom is 0.266 e. The Morgan fingerprint density at radius 1 is 1.20 bits per heavy atom. The van der Waals surface area contributed by atoms with Crippen molar-refractivity contribution in [2.24, 2.45) is 5.16 Å². The maximum atomic E-state index is 12.4. The van der Waals surface area contributed by atoms with Crippen molar-refractivity contribution in [1.29, 1.82) is 0 Å². The second-order valence-corrected chi connectivity index (χ2v) is 6.08. The lowest BCUT2D eigenvalue weighted by Gasteiger charge is -2.35. The number of benzene rings is 1. The van der Waals surface area contributed by atoms with Gasteiger partial charge in [-0.3, -0.25) is 9.69 Å². The second kappa shape index (κ2) is 8.48. The zero-order valence-corrected chi connectivity index (χ0v) is 14.4. The van der Waals surface area contributed by atoms with Crippen LogP contribution in [0, 0.1) is 0 Å². The van der Waals surface area contributed by atoms with E-state index in [4.69, 9.17) is 9.25 Å². The van der Waals surface area contributed by atoms with E-state index in [-0.39, 0.29) is 5.91 Å².